The summed E-state index contributed by atoms with van der Waals surface area (Å²) in [6.45, 7) is 4.80. The number of aliphatic hydroxyl groups is 1. The van der Waals surface area contributed by atoms with Gasteiger partial charge in [0.05, 0.1) is 11.1 Å². The van der Waals surface area contributed by atoms with Crippen LogP contribution in [0.25, 0.3) is 0 Å². The lowest BCUT2D eigenvalue weighted by Gasteiger charge is -2.39. The van der Waals surface area contributed by atoms with Gasteiger partial charge in [-0.15, -0.1) is 0 Å². The van der Waals surface area contributed by atoms with E-state index in [0.717, 1.165) is 53.6 Å². The maximum absolute atomic E-state index is 13.0. The largest absolute Gasteiger partial charge is 0.457 e. The highest BCUT2D eigenvalue weighted by atomic mass is 32.1. The van der Waals surface area contributed by atoms with Gasteiger partial charge in [0.15, 0.2) is 0 Å². The van der Waals surface area contributed by atoms with Crippen LogP contribution in [0.5, 0.6) is 0 Å². The summed E-state index contributed by atoms with van der Waals surface area (Å²) in [5, 5.41) is 10.5. The minimum atomic E-state index is -2.27. The number of nitrogens with zero attached hydrogens (tertiary/aromatic N) is 3. The molecule has 10 heteroatoms. The van der Waals surface area contributed by atoms with Crippen molar-refractivity contribution in [3.63, 3.8) is 0 Å². The Morgan fingerprint density at radius 2 is 2.10 bits per heavy atom. The fourth-order valence-corrected chi connectivity index (χ4v) is 4.99. The molecule has 31 heavy (non-hydrogen) atoms. The van der Waals surface area contributed by atoms with Crippen LogP contribution in [0.2, 0.25) is 0 Å². The second kappa shape index (κ2) is 8.76. The van der Waals surface area contributed by atoms with E-state index in [9.17, 15) is 14.7 Å². The Morgan fingerprint density at radius 3 is 2.74 bits per heavy atom. The van der Waals surface area contributed by atoms with Gasteiger partial charge in [-0.25, -0.2) is 4.79 Å². The summed E-state index contributed by atoms with van der Waals surface area (Å²) < 4.78 is 9.11. The van der Waals surface area contributed by atoms with Crippen molar-refractivity contribution in [3.05, 3.63) is 46.6 Å². The summed E-state index contributed by atoms with van der Waals surface area (Å²) in [6.07, 6.45) is 3.73. The predicted molar refractivity (Wildman–Crippen MR) is 119 cm³/mol. The molecule has 2 aliphatic heterocycles. The van der Waals surface area contributed by atoms with E-state index >= 15 is 0 Å². The van der Waals surface area contributed by atoms with E-state index in [1.807, 2.05) is 19.1 Å². The van der Waals surface area contributed by atoms with Gasteiger partial charge >= 0.3 is 5.97 Å². The number of anilines is 1. The summed E-state index contributed by atoms with van der Waals surface area (Å²) in [6, 6.07) is 5.47. The van der Waals surface area contributed by atoms with Crippen molar-refractivity contribution in [3.8, 4) is 0 Å². The number of aromatic nitrogens is 1. The maximum Gasteiger partial charge on any atom is 0.338 e. The van der Waals surface area contributed by atoms with Crippen LogP contribution in [0, 0.1) is 12.8 Å². The Kier molecular flexibility index (Phi) is 6.23. The van der Waals surface area contributed by atoms with Crippen molar-refractivity contribution in [2.75, 3.05) is 24.5 Å². The maximum atomic E-state index is 13.0. The molecule has 1 N–H and O–H groups in total. The SMILES string of the molecule is [B]C([B])(O)N(C(=O)C1CCN(CCc2ccc3c(c2C)COC3=O)CC1)c1ccns1. The van der Waals surface area contributed by atoms with Gasteiger partial charge in [-0.2, -0.15) is 4.37 Å². The number of rotatable bonds is 6. The van der Waals surface area contributed by atoms with Crippen molar-refractivity contribution >= 4 is 44.1 Å². The zero-order valence-electron chi connectivity index (χ0n) is 17.4. The fraction of sp³-hybridized carbons (Fsp3) is 0.476. The lowest BCUT2D eigenvalue weighted by molar-refractivity contribution is -0.125. The van der Waals surface area contributed by atoms with Gasteiger partial charge in [0.1, 0.15) is 27.3 Å². The Bertz CT molecular complexity index is 970. The molecule has 3 heterocycles. The number of carbonyl (C=O) groups excluding carboxylic acids is 2. The molecule has 4 radical (unpaired) electrons. The molecule has 0 spiro atoms. The molecule has 1 fully saturated rings. The Labute approximate surface area is 188 Å². The molecule has 0 saturated carbocycles. The molecule has 1 amide bonds. The van der Waals surface area contributed by atoms with E-state index in [1.165, 1.54) is 11.8 Å². The van der Waals surface area contributed by atoms with Gasteiger partial charge < -0.3 is 14.7 Å². The van der Waals surface area contributed by atoms with Gasteiger partial charge in [-0.05, 0) is 74.1 Å². The number of amides is 1. The summed E-state index contributed by atoms with van der Waals surface area (Å²) in [5.74, 6) is -0.789. The van der Waals surface area contributed by atoms with Crippen LogP contribution in [-0.4, -0.2) is 67.1 Å². The molecule has 0 aliphatic carbocycles. The van der Waals surface area contributed by atoms with Crippen LogP contribution in [0.15, 0.2) is 24.4 Å². The first-order chi connectivity index (χ1) is 14.8. The third-order valence-electron chi connectivity index (χ3n) is 6.14. The number of hydrogen-bond donors (Lipinski definition) is 1. The molecule has 0 atom stereocenters. The zero-order chi connectivity index (χ0) is 22.2. The second-order valence-electron chi connectivity index (χ2n) is 8.13. The van der Waals surface area contributed by atoms with Crippen LogP contribution in [-0.2, 0) is 22.6 Å². The van der Waals surface area contributed by atoms with Crippen LogP contribution in [0.3, 0.4) is 0 Å². The van der Waals surface area contributed by atoms with E-state index in [4.69, 9.17) is 20.4 Å². The highest BCUT2D eigenvalue weighted by molar-refractivity contribution is 7.10. The summed E-state index contributed by atoms with van der Waals surface area (Å²) in [4.78, 5) is 28.1. The topological polar surface area (TPSA) is 83.0 Å². The third kappa shape index (κ3) is 4.56. The van der Waals surface area contributed by atoms with Gasteiger partial charge in [0, 0.05) is 24.2 Å². The number of piperidine rings is 1. The minimum absolute atomic E-state index is 0.245. The molecule has 7 nitrogen and oxygen atoms in total. The molecular formula is C21H23B2N3O4S. The molecule has 2 aliphatic rings. The molecule has 1 aromatic heterocycles. The van der Waals surface area contributed by atoms with Crippen LogP contribution >= 0.6 is 11.5 Å². The predicted octanol–water partition coefficient (Wildman–Crippen LogP) is 1.35. The summed E-state index contributed by atoms with van der Waals surface area (Å²) in [5.41, 5.74) is 1.73. The van der Waals surface area contributed by atoms with Crippen molar-refractivity contribution in [1.82, 2.24) is 9.27 Å². The Morgan fingerprint density at radius 1 is 1.35 bits per heavy atom. The molecule has 4 rings (SSSR count). The second-order valence-corrected chi connectivity index (χ2v) is 8.94. The number of ether oxygens (including phenoxy) is 1. The smallest absolute Gasteiger partial charge is 0.338 e. The quantitative estimate of drug-likeness (QED) is 0.419. The van der Waals surface area contributed by atoms with Crippen LogP contribution in [0.4, 0.5) is 5.00 Å². The molecule has 158 valence electrons. The minimum Gasteiger partial charge on any atom is -0.457 e. The molecule has 1 saturated heterocycles. The van der Waals surface area contributed by atoms with Gasteiger partial charge in [-0.1, -0.05) is 6.07 Å². The first-order valence-electron chi connectivity index (χ1n) is 10.3. The summed E-state index contributed by atoms with van der Waals surface area (Å²) in [7, 11) is 11.3. The van der Waals surface area contributed by atoms with Gasteiger partial charge in [-0.3, -0.25) is 9.69 Å². The number of fused-ring (bicyclic) bond motifs is 1. The van der Waals surface area contributed by atoms with E-state index in [0.29, 0.717) is 30.0 Å². The lowest BCUT2D eigenvalue weighted by Crippen LogP contribution is -2.56. The van der Waals surface area contributed by atoms with Crippen LogP contribution in [0.1, 0.15) is 39.9 Å². The first-order valence-corrected chi connectivity index (χ1v) is 11.1. The Balaban J connectivity index is 1.34. The fourth-order valence-electron chi connectivity index (χ4n) is 4.32. The van der Waals surface area contributed by atoms with E-state index in [1.54, 1.807) is 6.07 Å². The third-order valence-corrected chi connectivity index (χ3v) is 6.87. The van der Waals surface area contributed by atoms with E-state index in [2.05, 4.69) is 9.27 Å². The van der Waals surface area contributed by atoms with Crippen molar-refractivity contribution in [2.24, 2.45) is 5.92 Å². The lowest BCUT2D eigenvalue weighted by atomic mass is 9.71. The normalized spacial score (nSPS) is 17.4. The first kappa shape index (κ1) is 22.0. The summed E-state index contributed by atoms with van der Waals surface area (Å²) >= 11 is 1.06. The average molecular weight is 435 g/mol. The van der Waals surface area contributed by atoms with Crippen molar-refractivity contribution in [2.45, 2.75) is 38.3 Å². The number of esters is 1. The van der Waals surface area contributed by atoms with Crippen molar-refractivity contribution < 1.29 is 19.4 Å². The molecule has 2 aromatic rings. The molecular weight excluding hydrogens is 412 g/mol. The standard InChI is InChI=1S/C21H23B2N3O4S/c1-13-14(2-3-16-17(13)12-30-20(16)28)5-9-25-10-6-15(7-11-25)19(27)26(21(22,23)29)18-4-8-24-31-18/h2-4,8,15,29H,5-7,9-12H2,1H3. The monoisotopic (exact) mass is 435 g/mol. The number of hydrogen-bond acceptors (Lipinski definition) is 7. The molecule has 1 aromatic carbocycles. The van der Waals surface area contributed by atoms with E-state index in [-0.39, 0.29) is 17.8 Å². The van der Waals surface area contributed by atoms with Crippen molar-refractivity contribution in [1.29, 1.82) is 0 Å². The van der Waals surface area contributed by atoms with Crippen LogP contribution < -0.4 is 4.90 Å². The molecule has 0 bridgehead atoms. The zero-order valence-corrected chi connectivity index (χ0v) is 18.2. The molecule has 0 unspecified atom stereocenters. The van der Waals surface area contributed by atoms with Gasteiger partial charge in [0.2, 0.25) is 5.91 Å². The number of likely N-dealkylation sites (tertiary alicyclic amines) is 1. The Hall–Kier alpha value is -2.16. The average Bonchev–Trinajstić information content (AvgIpc) is 3.37. The van der Waals surface area contributed by atoms with E-state index < -0.39 is 5.52 Å². The van der Waals surface area contributed by atoms with Gasteiger partial charge in [0.25, 0.3) is 0 Å². The number of benzene rings is 1. The highest BCUT2D eigenvalue weighted by Gasteiger charge is 2.36. The number of carbonyl (C=O) groups is 2. The highest BCUT2D eigenvalue weighted by Crippen LogP contribution is 2.30. The number of cyclic esters (lactones) is 1.